The van der Waals surface area contributed by atoms with Gasteiger partial charge in [-0.05, 0) is 23.9 Å². The zero-order valence-electron chi connectivity index (χ0n) is 10.7. The van der Waals surface area contributed by atoms with Crippen molar-refractivity contribution in [3.05, 3.63) is 51.7 Å². The summed E-state index contributed by atoms with van der Waals surface area (Å²) in [4.78, 5) is 11.9. The Morgan fingerprint density at radius 2 is 2.15 bits per heavy atom. The van der Waals surface area contributed by atoms with E-state index < -0.39 is 23.2 Å². The van der Waals surface area contributed by atoms with Crippen molar-refractivity contribution < 1.29 is 18.7 Å². The third kappa shape index (κ3) is 2.96. The van der Waals surface area contributed by atoms with Gasteiger partial charge in [0.2, 0.25) is 0 Å². The smallest absolute Gasteiger partial charge is 0.338 e. The lowest BCUT2D eigenvalue weighted by Crippen LogP contribution is -2.11. The minimum Gasteiger partial charge on any atom is -0.478 e. The Bertz CT molecular complexity index is 614. The normalized spacial score (nSPS) is 12.2. The summed E-state index contributed by atoms with van der Waals surface area (Å²) >= 11 is 1.52. The minimum absolute atomic E-state index is 0.0101. The van der Waals surface area contributed by atoms with Crippen molar-refractivity contribution in [3.8, 4) is 0 Å². The Balaban J connectivity index is 2.33. The molecule has 1 aromatic heterocycles. The van der Waals surface area contributed by atoms with Crippen LogP contribution in [0.25, 0.3) is 0 Å². The molecule has 3 nitrogen and oxygen atoms in total. The van der Waals surface area contributed by atoms with E-state index in [-0.39, 0.29) is 11.7 Å². The summed E-state index contributed by atoms with van der Waals surface area (Å²) in [5.74, 6) is -3.30. The molecular formula is C14H13F2NO2S. The second kappa shape index (κ2) is 6.00. The average molecular weight is 297 g/mol. The van der Waals surface area contributed by atoms with Crippen LogP contribution in [0.15, 0.2) is 29.6 Å². The van der Waals surface area contributed by atoms with Gasteiger partial charge in [-0.1, -0.05) is 13.0 Å². The van der Waals surface area contributed by atoms with Gasteiger partial charge >= 0.3 is 5.97 Å². The van der Waals surface area contributed by atoms with Crippen LogP contribution >= 0.6 is 11.3 Å². The molecule has 0 aliphatic rings. The number of thiophene rings is 1. The Morgan fingerprint density at radius 3 is 2.70 bits per heavy atom. The van der Waals surface area contributed by atoms with Gasteiger partial charge in [0.25, 0.3) is 0 Å². The van der Waals surface area contributed by atoms with E-state index in [4.69, 9.17) is 5.11 Å². The van der Waals surface area contributed by atoms with Crippen LogP contribution in [-0.2, 0) is 0 Å². The topological polar surface area (TPSA) is 49.3 Å². The molecule has 0 aliphatic carbocycles. The number of carboxylic acids is 1. The summed E-state index contributed by atoms with van der Waals surface area (Å²) in [5.41, 5.74) is -0.556. The van der Waals surface area contributed by atoms with E-state index in [1.807, 2.05) is 24.4 Å². The van der Waals surface area contributed by atoms with Crippen LogP contribution in [0.5, 0.6) is 0 Å². The van der Waals surface area contributed by atoms with Crippen molar-refractivity contribution in [1.29, 1.82) is 0 Å². The monoisotopic (exact) mass is 297 g/mol. The molecule has 20 heavy (non-hydrogen) atoms. The van der Waals surface area contributed by atoms with Crippen molar-refractivity contribution in [2.45, 2.75) is 19.4 Å². The number of aromatic carboxylic acids is 1. The Labute approximate surface area is 118 Å². The van der Waals surface area contributed by atoms with Gasteiger partial charge in [-0.25, -0.2) is 13.6 Å². The lowest BCUT2D eigenvalue weighted by Gasteiger charge is -2.18. The number of nitrogens with one attached hydrogen (secondary N) is 1. The molecule has 0 spiro atoms. The highest BCUT2D eigenvalue weighted by Gasteiger charge is 2.18. The van der Waals surface area contributed by atoms with Gasteiger partial charge in [-0.3, -0.25) is 0 Å². The molecule has 0 radical (unpaired) electrons. The van der Waals surface area contributed by atoms with E-state index >= 15 is 0 Å². The van der Waals surface area contributed by atoms with Gasteiger partial charge in [0.05, 0.1) is 17.3 Å². The van der Waals surface area contributed by atoms with Gasteiger partial charge in [0.15, 0.2) is 0 Å². The van der Waals surface area contributed by atoms with E-state index in [1.54, 1.807) is 0 Å². The van der Waals surface area contributed by atoms with E-state index in [1.165, 1.54) is 11.3 Å². The molecule has 6 heteroatoms. The van der Waals surface area contributed by atoms with Gasteiger partial charge in [-0.2, -0.15) is 0 Å². The van der Waals surface area contributed by atoms with Crippen molar-refractivity contribution in [2.75, 3.05) is 5.32 Å². The number of hydrogen-bond acceptors (Lipinski definition) is 3. The molecule has 0 saturated heterocycles. The van der Waals surface area contributed by atoms with Crippen LogP contribution in [0.4, 0.5) is 14.5 Å². The molecule has 0 saturated carbocycles. The maximum atomic E-state index is 13.7. The van der Waals surface area contributed by atoms with Crippen LogP contribution in [-0.4, -0.2) is 11.1 Å². The van der Waals surface area contributed by atoms with E-state index in [9.17, 15) is 13.6 Å². The van der Waals surface area contributed by atoms with Crippen molar-refractivity contribution in [2.24, 2.45) is 0 Å². The second-order valence-electron chi connectivity index (χ2n) is 4.24. The molecule has 106 valence electrons. The number of anilines is 1. The number of carbonyl (C=O) groups is 1. The molecule has 1 unspecified atom stereocenters. The van der Waals surface area contributed by atoms with Gasteiger partial charge < -0.3 is 10.4 Å². The molecule has 1 aromatic carbocycles. The van der Waals surface area contributed by atoms with Crippen molar-refractivity contribution in [1.82, 2.24) is 0 Å². The zero-order valence-corrected chi connectivity index (χ0v) is 11.5. The highest BCUT2D eigenvalue weighted by Crippen LogP contribution is 2.28. The molecule has 0 fully saturated rings. The van der Waals surface area contributed by atoms with Crippen LogP contribution in [0, 0.1) is 11.6 Å². The fourth-order valence-corrected chi connectivity index (χ4v) is 2.74. The third-order valence-corrected chi connectivity index (χ3v) is 3.90. The highest BCUT2D eigenvalue weighted by atomic mass is 32.1. The predicted octanol–water partition coefficient (Wildman–Crippen LogP) is 4.29. The quantitative estimate of drug-likeness (QED) is 0.865. The zero-order chi connectivity index (χ0) is 14.7. The number of hydrogen-bond donors (Lipinski definition) is 2. The Morgan fingerprint density at radius 1 is 1.40 bits per heavy atom. The van der Waals surface area contributed by atoms with Crippen LogP contribution < -0.4 is 5.32 Å². The van der Waals surface area contributed by atoms with Crippen LogP contribution in [0.2, 0.25) is 0 Å². The van der Waals surface area contributed by atoms with Gasteiger partial charge in [0.1, 0.15) is 11.6 Å². The molecule has 0 aliphatic heterocycles. The van der Waals surface area contributed by atoms with Gasteiger partial charge in [-0.15, -0.1) is 11.3 Å². The standard InChI is InChI=1S/C14H13F2NO2S/c1-2-11(13-4-3-5-20-13)17-12-6-8(14(18)19)9(15)7-10(12)16/h3-7,11,17H,2H2,1H3,(H,18,19). The highest BCUT2D eigenvalue weighted by molar-refractivity contribution is 7.10. The number of benzene rings is 1. The molecule has 0 amide bonds. The lowest BCUT2D eigenvalue weighted by molar-refractivity contribution is 0.0692. The first kappa shape index (κ1) is 14.5. The SMILES string of the molecule is CCC(Nc1cc(C(=O)O)c(F)cc1F)c1cccs1. The van der Waals surface area contributed by atoms with Crippen LogP contribution in [0.3, 0.4) is 0 Å². The molecular weight excluding hydrogens is 284 g/mol. The number of rotatable bonds is 5. The first-order chi connectivity index (χ1) is 9.52. The largest absolute Gasteiger partial charge is 0.478 e. The summed E-state index contributed by atoms with van der Waals surface area (Å²) in [6, 6.07) is 5.23. The molecule has 2 aromatic rings. The number of carboxylic acid groups (broad SMARTS) is 1. The van der Waals surface area contributed by atoms with E-state index in [0.717, 1.165) is 10.9 Å². The third-order valence-electron chi connectivity index (χ3n) is 2.91. The lowest BCUT2D eigenvalue weighted by atomic mass is 10.1. The fraction of sp³-hybridized carbons (Fsp3) is 0.214. The Kier molecular flexibility index (Phi) is 4.34. The summed E-state index contributed by atoms with van der Waals surface area (Å²) in [6.45, 7) is 1.93. The fourth-order valence-electron chi connectivity index (χ4n) is 1.88. The van der Waals surface area contributed by atoms with Gasteiger partial charge in [0, 0.05) is 10.9 Å². The van der Waals surface area contributed by atoms with E-state index in [2.05, 4.69) is 5.32 Å². The summed E-state index contributed by atoms with van der Waals surface area (Å²) in [6.07, 6.45) is 0.694. The second-order valence-corrected chi connectivity index (χ2v) is 5.22. The first-order valence-corrected chi connectivity index (χ1v) is 6.93. The van der Waals surface area contributed by atoms with Crippen molar-refractivity contribution >= 4 is 23.0 Å². The summed E-state index contributed by atoms with van der Waals surface area (Å²) in [5, 5.41) is 13.7. The number of halogens is 2. The molecule has 1 heterocycles. The van der Waals surface area contributed by atoms with E-state index in [0.29, 0.717) is 12.5 Å². The minimum atomic E-state index is -1.42. The average Bonchev–Trinajstić information content (AvgIpc) is 2.91. The summed E-state index contributed by atoms with van der Waals surface area (Å²) in [7, 11) is 0. The predicted molar refractivity (Wildman–Crippen MR) is 74.3 cm³/mol. The first-order valence-electron chi connectivity index (χ1n) is 6.05. The molecule has 1 atom stereocenters. The molecule has 2 N–H and O–H groups in total. The maximum Gasteiger partial charge on any atom is 0.338 e. The van der Waals surface area contributed by atoms with Crippen LogP contribution in [0.1, 0.15) is 34.6 Å². The Hall–Kier alpha value is -1.95. The molecule has 2 rings (SSSR count). The van der Waals surface area contributed by atoms with Crippen molar-refractivity contribution in [3.63, 3.8) is 0 Å². The maximum absolute atomic E-state index is 13.7. The molecule has 0 bridgehead atoms. The summed E-state index contributed by atoms with van der Waals surface area (Å²) < 4.78 is 27.1.